The number of H-pyrrole nitrogens is 2. The highest BCUT2D eigenvalue weighted by Gasteiger charge is 2.26. The van der Waals surface area contributed by atoms with E-state index in [4.69, 9.17) is 36.5 Å². The van der Waals surface area contributed by atoms with Gasteiger partial charge in [-0.25, -0.2) is 9.97 Å². The number of fused-ring (bicyclic) bond motifs is 8. The summed E-state index contributed by atoms with van der Waals surface area (Å²) < 4.78 is 34.7. The molecular weight excluding hydrogens is 849 g/mol. The molecule has 0 fully saturated rings. The summed E-state index contributed by atoms with van der Waals surface area (Å²) in [5.74, 6) is 2.90. The molecule has 0 saturated carbocycles. The van der Waals surface area contributed by atoms with Gasteiger partial charge in [-0.15, -0.1) is 0 Å². The van der Waals surface area contributed by atoms with Gasteiger partial charge in [0.2, 0.25) is 0 Å². The molecule has 0 saturated heterocycles. The van der Waals surface area contributed by atoms with Crippen LogP contribution in [0.15, 0.2) is 109 Å². The summed E-state index contributed by atoms with van der Waals surface area (Å²) in [5.41, 5.74) is 11.2. The minimum atomic E-state index is 0.460. The quantitative estimate of drug-likeness (QED) is 0.133. The Hall–Kier alpha value is -6.42. The van der Waals surface area contributed by atoms with E-state index in [0.717, 1.165) is 33.2 Å². The van der Waals surface area contributed by atoms with E-state index in [1.807, 2.05) is 121 Å². The van der Waals surface area contributed by atoms with Gasteiger partial charge in [0, 0.05) is 44.3 Å². The van der Waals surface area contributed by atoms with E-state index in [0.29, 0.717) is 90.7 Å². The van der Waals surface area contributed by atoms with Gasteiger partial charge >= 0.3 is 62.9 Å². The molecular formula is C44H24N4O6Si6. The summed E-state index contributed by atoms with van der Waals surface area (Å²) in [6.07, 6.45) is 7.75. The monoisotopic (exact) mass is 872 g/mol. The van der Waals surface area contributed by atoms with Crippen molar-refractivity contribution in [1.29, 1.82) is 0 Å². The van der Waals surface area contributed by atoms with Crippen LogP contribution >= 0.6 is 0 Å². The minimum absolute atomic E-state index is 0.460. The molecule has 0 spiro atoms. The van der Waals surface area contributed by atoms with Crippen LogP contribution in [0, 0.1) is 0 Å². The summed E-state index contributed by atoms with van der Waals surface area (Å²) >= 11 is 0. The summed E-state index contributed by atoms with van der Waals surface area (Å²) in [5, 5.41) is 0. The van der Waals surface area contributed by atoms with Crippen LogP contribution in [0.2, 0.25) is 0 Å². The zero-order valence-corrected chi connectivity index (χ0v) is 37.0. The smallest absolute Gasteiger partial charge is 0.341 e. The van der Waals surface area contributed by atoms with Gasteiger partial charge in [-0.05, 0) is 90.5 Å². The van der Waals surface area contributed by atoms with Crippen molar-refractivity contribution in [2.75, 3.05) is 0 Å². The molecule has 60 heavy (non-hydrogen) atoms. The number of nitrogens with one attached hydrogen (secondary N) is 2. The third kappa shape index (κ3) is 6.77. The molecule has 280 valence electrons. The normalized spacial score (nSPS) is 11.7. The number of rotatable bonds is 10. The number of benzene rings is 4. The van der Waals surface area contributed by atoms with E-state index in [9.17, 15) is 0 Å². The average Bonchev–Trinajstić information content (AvgIpc) is 4.15. The fourth-order valence-corrected chi connectivity index (χ4v) is 8.71. The van der Waals surface area contributed by atoms with Crippen molar-refractivity contribution < 1.29 is 26.6 Å². The third-order valence-electron chi connectivity index (χ3n) is 10.2. The summed E-state index contributed by atoms with van der Waals surface area (Å²) in [4.78, 5) is 18.2. The number of aromatic nitrogens is 4. The Morgan fingerprint density at radius 2 is 0.600 bits per heavy atom. The second kappa shape index (κ2) is 16.7. The Morgan fingerprint density at radius 1 is 0.300 bits per heavy atom. The molecule has 9 rings (SSSR count). The first-order chi connectivity index (χ1) is 29.5. The summed E-state index contributed by atoms with van der Waals surface area (Å²) in [6, 6.07) is 34.8. The van der Waals surface area contributed by atoms with E-state index in [1.165, 1.54) is 0 Å². The number of nitrogens with zero attached hydrogens (tertiary/aromatic N) is 2. The van der Waals surface area contributed by atoms with E-state index >= 15 is 0 Å². The minimum Gasteiger partial charge on any atom is -0.540 e. The summed E-state index contributed by atoms with van der Waals surface area (Å²) in [6.45, 7) is 0. The van der Waals surface area contributed by atoms with Crippen LogP contribution in [0.25, 0.3) is 90.9 Å². The van der Waals surface area contributed by atoms with Crippen LogP contribution in [0.1, 0.15) is 22.8 Å². The van der Waals surface area contributed by atoms with Crippen LogP contribution in [0.4, 0.5) is 0 Å². The maximum absolute atomic E-state index is 5.78. The standard InChI is InChI=1S/C44H24N4O6Si6/c55-49-32-9-4-10-33(50-56)42(32)39-26-17-15-24(45-26)38(23-7-2-1-3-8-23)25-16-18-27(46-25)40(43-34(51-57)11-5-12-35(43)52-58)29-20-22-31(48-29)41(30-21-19-28(39)47-30)44-36(53-59)13-6-14-37(44)54-60/h1-22,45-46H. The van der Waals surface area contributed by atoms with Gasteiger partial charge in [-0.2, -0.15) is 0 Å². The fourth-order valence-electron chi connectivity index (χ4n) is 7.69. The van der Waals surface area contributed by atoms with Gasteiger partial charge in [0.05, 0.1) is 39.5 Å². The number of aromatic amines is 2. The second-order valence-electron chi connectivity index (χ2n) is 13.4. The predicted octanol–water partition coefficient (Wildman–Crippen LogP) is 8.10. The van der Waals surface area contributed by atoms with Crippen LogP contribution in [0.5, 0.6) is 34.5 Å². The highest BCUT2D eigenvalue weighted by atomic mass is 28.2. The molecule has 4 aromatic carbocycles. The molecule has 8 bridgehead atoms. The second-order valence-corrected chi connectivity index (χ2v) is 14.6. The molecule has 10 nitrogen and oxygen atoms in total. The Labute approximate surface area is 364 Å². The molecule has 7 aromatic rings. The van der Waals surface area contributed by atoms with Crippen molar-refractivity contribution in [3.05, 3.63) is 132 Å². The third-order valence-corrected chi connectivity index (χ3v) is 11.5. The van der Waals surface area contributed by atoms with Crippen molar-refractivity contribution in [1.82, 2.24) is 19.9 Å². The maximum Gasteiger partial charge on any atom is 0.341 e. The maximum atomic E-state index is 5.78. The molecule has 2 aliphatic rings. The highest BCUT2D eigenvalue weighted by Crippen LogP contribution is 2.48. The lowest BCUT2D eigenvalue weighted by Crippen LogP contribution is -1.99. The van der Waals surface area contributed by atoms with Crippen molar-refractivity contribution >= 4 is 109 Å². The van der Waals surface area contributed by atoms with E-state index in [-0.39, 0.29) is 0 Å². The average molecular weight is 873 g/mol. The molecule has 16 heteroatoms. The van der Waals surface area contributed by atoms with Gasteiger partial charge < -0.3 is 36.5 Å². The van der Waals surface area contributed by atoms with Crippen molar-refractivity contribution in [3.8, 4) is 79.0 Å². The predicted molar refractivity (Wildman–Crippen MR) is 239 cm³/mol. The molecule has 0 atom stereocenters. The van der Waals surface area contributed by atoms with E-state index in [2.05, 4.69) is 85.0 Å². The Bertz CT molecular complexity index is 2820. The summed E-state index contributed by atoms with van der Waals surface area (Å²) in [7, 11) is 19.8. The lowest BCUT2D eigenvalue weighted by atomic mass is 10.00. The first-order valence-electron chi connectivity index (χ1n) is 18.1. The van der Waals surface area contributed by atoms with Gasteiger partial charge in [0.25, 0.3) is 0 Å². The van der Waals surface area contributed by atoms with Gasteiger partial charge in [-0.1, -0.05) is 48.5 Å². The van der Waals surface area contributed by atoms with Crippen LogP contribution < -0.4 is 26.6 Å². The molecule has 18 radical (unpaired) electrons. The zero-order valence-electron chi connectivity index (χ0n) is 31.0. The molecule has 0 aliphatic carbocycles. The first kappa shape index (κ1) is 39.1. The van der Waals surface area contributed by atoms with Crippen molar-refractivity contribution in [3.63, 3.8) is 0 Å². The topological polar surface area (TPSA) is 113 Å². The van der Waals surface area contributed by atoms with Crippen molar-refractivity contribution in [2.24, 2.45) is 0 Å². The fraction of sp³-hybridized carbons (Fsp3) is 0. The van der Waals surface area contributed by atoms with E-state index in [1.54, 1.807) is 0 Å². The number of hydrogen-bond acceptors (Lipinski definition) is 8. The lowest BCUT2D eigenvalue weighted by Gasteiger charge is -2.16. The van der Waals surface area contributed by atoms with E-state index < -0.39 is 0 Å². The Balaban J connectivity index is 1.54. The van der Waals surface area contributed by atoms with Gasteiger partial charge in [0.15, 0.2) is 0 Å². The molecule has 5 heterocycles. The van der Waals surface area contributed by atoms with Crippen LogP contribution in [-0.4, -0.2) is 82.9 Å². The van der Waals surface area contributed by atoms with Crippen LogP contribution in [-0.2, 0) is 0 Å². The van der Waals surface area contributed by atoms with Gasteiger partial charge in [-0.3, -0.25) is 0 Å². The lowest BCUT2D eigenvalue weighted by molar-refractivity contribution is 0.591. The largest absolute Gasteiger partial charge is 0.540 e. The van der Waals surface area contributed by atoms with Gasteiger partial charge in [0.1, 0.15) is 34.5 Å². The molecule has 2 aliphatic heterocycles. The number of hydrogen-bond donors (Lipinski definition) is 2. The van der Waals surface area contributed by atoms with Crippen LogP contribution in [0.3, 0.4) is 0 Å². The molecule has 2 N–H and O–H groups in total. The molecule has 0 unspecified atom stereocenters. The van der Waals surface area contributed by atoms with Crippen molar-refractivity contribution in [2.45, 2.75) is 0 Å². The molecule has 0 amide bonds. The first-order valence-corrected chi connectivity index (χ1v) is 20.6. The Kier molecular flexibility index (Phi) is 10.9. The zero-order chi connectivity index (χ0) is 41.3. The Morgan fingerprint density at radius 3 is 0.933 bits per heavy atom. The highest BCUT2D eigenvalue weighted by molar-refractivity contribution is 6.08. The SMILES string of the molecule is [Si]Oc1cccc(O[Si])c1-c1c2nc(c(-c3c(O[Si])cccc3O[Si])c3ccc([nH]3)c(-c3ccccc3)c3ccc([nH]3)c(-c3c(O[Si])cccc3O[Si])c3nc1C=C3)C=C2. The molecule has 3 aromatic heterocycles.